The average molecular weight is 297 g/mol. The molecule has 19 heavy (non-hydrogen) atoms. The fourth-order valence-corrected chi connectivity index (χ4v) is 3.23. The van der Waals surface area contributed by atoms with Crippen molar-refractivity contribution in [2.45, 2.75) is 19.6 Å². The lowest BCUT2D eigenvalue weighted by Gasteiger charge is -1.98. The number of hydrogen-bond donors (Lipinski definition) is 0. The molecule has 0 aliphatic heterocycles. The minimum atomic E-state index is -0.116. The van der Waals surface area contributed by atoms with Crippen molar-refractivity contribution in [1.82, 2.24) is 9.72 Å². The van der Waals surface area contributed by atoms with E-state index < -0.39 is 0 Å². The number of carbonyl (C=O) groups excluding carboxylic acids is 1. The number of carbonyl (C=O) groups is 1. The van der Waals surface area contributed by atoms with Gasteiger partial charge in [0.25, 0.3) is 5.91 Å². The van der Waals surface area contributed by atoms with Crippen LogP contribution in [0.4, 0.5) is 0 Å². The van der Waals surface area contributed by atoms with E-state index in [1.54, 1.807) is 0 Å². The van der Waals surface area contributed by atoms with Gasteiger partial charge in [0, 0.05) is 29.9 Å². The normalized spacial score (nSPS) is 12.1. The van der Waals surface area contributed by atoms with Crippen LogP contribution in [0.5, 0.6) is 0 Å². The van der Waals surface area contributed by atoms with E-state index in [4.69, 9.17) is 4.52 Å². The van der Waals surface area contributed by atoms with E-state index in [-0.39, 0.29) is 5.91 Å². The summed E-state index contributed by atoms with van der Waals surface area (Å²) in [7, 11) is 1.87. The maximum absolute atomic E-state index is 11.7. The Labute approximate surface area is 119 Å². The molecule has 2 rings (SSSR count). The molecule has 2 aromatic heterocycles. The molecule has 2 aromatic rings. The number of thiazole rings is 1. The zero-order chi connectivity index (χ0) is 13.8. The van der Waals surface area contributed by atoms with Gasteiger partial charge in [0.1, 0.15) is 5.76 Å². The van der Waals surface area contributed by atoms with E-state index in [0.29, 0.717) is 5.75 Å². The number of aryl methyl sites for hydroxylation is 3. The summed E-state index contributed by atoms with van der Waals surface area (Å²) in [6.45, 7) is 3.79. The van der Waals surface area contributed by atoms with Gasteiger partial charge in [0.05, 0.1) is 11.4 Å². The maximum atomic E-state index is 11.7. The molecule has 7 heteroatoms. The number of amides is 1. The Morgan fingerprint density at radius 2 is 2.37 bits per heavy atom. The molecule has 0 aliphatic rings. The fourth-order valence-electron chi connectivity index (χ4n) is 1.52. The van der Waals surface area contributed by atoms with Gasteiger partial charge in [-0.15, -0.1) is 23.1 Å². The lowest BCUT2D eigenvalue weighted by Crippen LogP contribution is -2.13. The van der Waals surface area contributed by atoms with Crippen LogP contribution in [0.1, 0.15) is 17.0 Å². The van der Waals surface area contributed by atoms with Crippen LogP contribution in [0.15, 0.2) is 21.1 Å². The summed E-state index contributed by atoms with van der Waals surface area (Å²) in [4.78, 5) is 16.5. The van der Waals surface area contributed by atoms with Gasteiger partial charge >= 0.3 is 0 Å². The van der Waals surface area contributed by atoms with Crippen LogP contribution in [0.25, 0.3) is 0 Å². The molecule has 0 saturated carbocycles. The summed E-state index contributed by atoms with van der Waals surface area (Å²) >= 11 is 2.98. The molecule has 0 aromatic carbocycles. The monoisotopic (exact) mass is 297 g/mol. The Morgan fingerprint density at radius 3 is 2.95 bits per heavy atom. The van der Waals surface area contributed by atoms with Crippen LogP contribution in [-0.2, 0) is 17.6 Å². The SMILES string of the molecule is Cc1noc(C)c1CSCC(=O)N=c1sccn1C. The smallest absolute Gasteiger partial charge is 0.258 e. The van der Waals surface area contributed by atoms with Crippen LogP contribution in [0, 0.1) is 13.8 Å². The van der Waals surface area contributed by atoms with Crippen molar-refractivity contribution in [2.75, 3.05) is 5.75 Å². The van der Waals surface area contributed by atoms with Crippen molar-refractivity contribution in [3.63, 3.8) is 0 Å². The third-order valence-electron chi connectivity index (χ3n) is 2.63. The molecule has 0 saturated heterocycles. The molecule has 0 bridgehead atoms. The average Bonchev–Trinajstić information content (AvgIpc) is 2.90. The Balaban J connectivity index is 1.90. The summed E-state index contributed by atoms with van der Waals surface area (Å²) in [5.41, 5.74) is 1.96. The van der Waals surface area contributed by atoms with E-state index in [1.807, 2.05) is 37.0 Å². The van der Waals surface area contributed by atoms with E-state index >= 15 is 0 Å². The van der Waals surface area contributed by atoms with Crippen molar-refractivity contribution in [3.05, 3.63) is 33.4 Å². The second kappa shape index (κ2) is 6.21. The molecule has 0 unspecified atom stereocenters. The highest BCUT2D eigenvalue weighted by Gasteiger charge is 2.09. The first-order valence-electron chi connectivity index (χ1n) is 5.75. The van der Waals surface area contributed by atoms with Crippen LogP contribution >= 0.6 is 23.1 Å². The first-order valence-corrected chi connectivity index (χ1v) is 7.78. The minimum absolute atomic E-state index is 0.116. The standard InChI is InChI=1S/C12H15N3O2S2/c1-8-10(9(2)17-14-8)6-18-7-11(16)13-12-15(3)4-5-19-12/h4-5H,6-7H2,1-3H3. The van der Waals surface area contributed by atoms with Gasteiger partial charge in [0.15, 0.2) is 4.80 Å². The molecule has 2 heterocycles. The number of rotatable bonds is 4. The van der Waals surface area contributed by atoms with Crippen LogP contribution in [-0.4, -0.2) is 21.4 Å². The summed E-state index contributed by atoms with van der Waals surface area (Å²) in [6.07, 6.45) is 1.88. The van der Waals surface area contributed by atoms with E-state index in [2.05, 4.69) is 10.1 Å². The topological polar surface area (TPSA) is 60.4 Å². The zero-order valence-corrected chi connectivity index (χ0v) is 12.7. The largest absolute Gasteiger partial charge is 0.361 e. The van der Waals surface area contributed by atoms with Gasteiger partial charge in [-0.3, -0.25) is 4.79 Å². The predicted molar refractivity (Wildman–Crippen MR) is 76.0 cm³/mol. The van der Waals surface area contributed by atoms with Crippen molar-refractivity contribution >= 4 is 29.0 Å². The van der Waals surface area contributed by atoms with Crippen LogP contribution in [0.3, 0.4) is 0 Å². The third kappa shape index (κ3) is 3.57. The van der Waals surface area contributed by atoms with Gasteiger partial charge in [0.2, 0.25) is 0 Å². The Bertz CT molecular complexity index is 620. The van der Waals surface area contributed by atoms with Gasteiger partial charge in [-0.1, -0.05) is 5.16 Å². The van der Waals surface area contributed by atoms with Crippen LogP contribution < -0.4 is 4.80 Å². The van der Waals surface area contributed by atoms with E-state index in [0.717, 1.165) is 27.6 Å². The number of thioether (sulfide) groups is 1. The summed E-state index contributed by atoms with van der Waals surface area (Å²) in [5.74, 6) is 1.79. The van der Waals surface area contributed by atoms with E-state index in [1.165, 1.54) is 23.1 Å². The Kier molecular flexibility index (Phi) is 4.60. The quantitative estimate of drug-likeness (QED) is 0.866. The zero-order valence-electron chi connectivity index (χ0n) is 11.0. The molecule has 0 radical (unpaired) electrons. The minimum Gasteiger partial charge on any atom is -0.361 e. The third-order valence-corrected chi connectivity index (χ3v) is 4.42. The predicted octanol–water partition coefficient (Wildman–Crippen LogP) is 2.05. The molecule has 1 amide bonds. The van der Waals surface area contributed by atoms with Gasteiger partial charge < -0.3 is 9.09 Å². The molecule has 0 fully saturated rings. The van der Waals surface area contributed by atoms with E-state index in [9.17, 15) is 4.79 Å². The molecule has 0 N–H and O–H groups in total. The number of aromatic nitrogens is 2. The molecule has 0 atom stereocenters. The summed E-state index contributed by atoms with van der Waals surface area (Å²) in [5, 5.41) is 5.79. The van der Waals surface area contributed by atoms with Gasteiger partial charge in [-0.05, 0) is 13.8 Å². The fraction of sp³-hybridized carbons (Fsp3) is 0.417. The number of hydrogen-bond acceptors (Lipinski definition) is 5. The van der Waals surface area contributed by atoms with Crippen LogP contribution in [0.2, 0.25) is 0 Å². The highest BCUT2D eigenvalue weighted by molar-refractivity contribution is 7.99. The Hall–Kier alpha value is -1.34. The second-order valence-corrected chi connectivity index (χ2v) is 5.96. The second-order valence-electron chi connectivity index (χ2n) is 4.10. The summed E-state index contributed by atoms with van der Waals surface area (Å²) < 4.78 is 6.92. The first kappa shape index (κ1) is 14.1. The molecular weight excluding hydrogens is 282 g/mol. The van der Waals surface area contributed by atoms with Crippen molar-refractivity contribution in [3.8, 4) is 0 Å². The van der Waals surface area contributed by atoms with Gasteiger partial charge in [-0.2, -0.15) is 4.99 Å². The highest BCUT2D eigenvalue weighted by atomic mass is 32.2. The highest BCUT2D eigenvalue weighted by Crippen LogP contribution is 2.19. The maximum Gasteiger partial charge on any atom is 0.258 e. The van der Waals surface area contributed by atoms with Crippen molar-refractivity contribution in [1.29, 1.82) is 0 Å². The molecule has 102 valence electrons. The lowest BCUT2D eigenvalue weighted by atomic mass is 10.2. The molecule has 5 nitrogen and oxygen atoms in total. The summed E-state index contributed by atoms with van der Waals surface area (Å²) in [6, 6.07) is 0. The van der Waals surface area contributed by atoms with Crippen molar-refractivity contribution in [2.24, 2.45) is 12.0 Å². The lowest BCUT2D eigenvalue weighted by molar-refractivity contribution is -0.115. The molecular formula is C12H15N3O2S2. The Morgan fingerprint density at radius 1 is 1.58 bits per heavy atom. The molecule has 0 aliphatic carbocycles. The van der Waals surface area contributed by atoms with Gasteiger partial charge in [-0.25, -0.2) is 0 Å². The number of nitrogens with zero attached hydrogens (tertiary/aromatic N) is 3. The molecule has 0 spiro atoms. The van der Waals surface area contributed by atoms with Crippen molar-refractivity contribution < 1.29 is 9.32 Å². The first-order chi connectivity index (χ1) is 9.08.